The van der Waals surface area contributed by atoms with Crippen molar-refractivity contribution in [2.75, 3.05) is 5.75 Å². The van der Waals surface area contributed by atoms with E-state index in [4.69, 9.17) is 11.6 Å². The second-order valence-corrected chi connectivity index (χ2v) is 5.87. The number of benzene rings is 2. The van der Waals surface area contributed by atoms with Crippen molar-refractivity contribution < 1.29 is 9.72 Å². The number of carbonyl (C=O) groups excluding carboxylic acids is 1. The van der Waals surface area contributed by atoms with Gasteiger partial charge in [-0.15, -0.1) is 11.8 Å². The Balaban J connectivity index is 1.83. The maximum absolute atomic E-state index is 11.7. The van der Waals surface area contributed by atoms with Crippen LogP contribution in [0, 0.1) is 10.1 Å². The molecule has 0 saturated heterocycles. The van der Waals surface area contributed by atoms with Gasteiger partial charge in [0.05, 0.1) is 16.9 Å². The Morgan fingerprint density at radius 3 is 2.74 bits per heavy atom. The molecule has 0 radical (unpaired) electrons. The molecule has 6 nitrogen and oxygen atoms in total. The first kappa shape index (κ1) is 17.0. The number of non-ortho nitro benzene ring substituents is 1. The van der Waals surface area contributed by atoms with E-state index in [2.05, 4.69) is 10.5 Å². The summed E-state index contributed by atoms with van der Waals surface area (Å²) in [6.07, 6.45) is 1.36. The van der Waals surface area contributed by atoms with Crippen LogP contribution in [0.4, 0.5) is 5.69 Å². The third kappa shape index (κ3) is 5.72. The Labute approximate surface area is 141 Å². The molecule has 0 aliphatic heterocycles. The minimum Gasteiger partial charge on any atom is -0.272 e. The fraction of sp³-hybridized carbons (Fsp3) is 0.0667. The van der Waals surface area contributed by atoms with Crippen LogP contribution < -0.4 is 5.43 Å². The zero-order valence-corrected chi connectivity index (χ0v) is 13.4. The average molecular weight is 350 g/mol. The molecule has 118 valence electrons. The molecule has 0 aromatic heterocycles. The van der Waals surface area contributed by atoms with Crippen LogP contribution in [0.5, 0.6) is 0 Å². The van der Waals surface area contributed by atoms with Gasteiger partial charge in [0.1, 0.15) is 0 Å². The van der Waals surface area contributed by atoms with Gasteiger partial charge in [-0.1, -0.05) is 23.7 Å². The van der Waals surface area contributed by atoms with Gasteiger partial charge in [0.2, 0.25) is 5.91 Å². The molecule has 0 spiro atoms. The van der Waals surface area contributed by atoms with Gasteiger partial charge in [0.25, 0.3) is 5.69 Å². The molecule has 0 heterocycles. The second-order valence-electron chi connectivity index (χ2n) is 4.39. The van der Waals surface area contributed by atoms with Crippen molar-refractivity contribution in [3.8, 4) is 0 Å². The number of halogens is 1. The predicted molar refractivity (Wildman–Crippen MR) is 91.0 cm³/mol. The molecule has 2 aromatic rings. The molecule has 0 atom stereocenters. The van der Waals surface area contributed by atoms with Crippen LogP contribution in [0.15, 0.2) is 58.5 Å². The molecule has 23 heavy (non-hydrogen) atoms. The molecule has 0 saturated carbocycles. The average Bonchev–Trinajstić information content (AvgIpc) is 2.54. The lowest BCUT2D eigenvalue weighted by atomic mass is 10.2. The second kappa shape index (κ2) is 8.30. The minimum atomic E-state index is -0.487. The number of hydrogen-bond donors (Lipinski definition) is 1. The summed E-state index contributed by atoms with van der Waals surface area (Å²) < 4.78 is 0. The first-order valence-electron chi connectivity index (χ1n) is 6.49. The zero-order chi connectivity index (χ0) is 16.7. The van der Waals surface area contributed by atoms with Crippen molar-refractivity contribution >= 4 is 41.2 Å². The number of nitro benzene ring substituents is 1. The molecule has 2 rings (SSSR count). The van der Waals surface area contributed by atoms with Crippen LogP contribution in [0.2, 0.25) is 5.02 Å². The van der Waals surface area contributed by atoms with Crippen LogP contribution >= 0.6 is 23.4 Å². The van der Waals surface area contributed by atoms with E-state index < -0.39 is 4.92 Å². The molecule has 1 amide bonds. The molecule has 0 unspecified atom stereocenters. The third-order valence-electron chi connectivity index (χ3n) is 2.67. The highest BCUT2D eigenvalue weighted by atomic mass is 35.5. The minimum absolute atomic E-state index is 0.0291. The largest absolute Gasteiger partial charge is 0.272 e. The molecule has 1 N–H and O–H groups in total. The van der Waals surface area contributed by atoms with E-state index in [1.807, 2.05) is 12.1 Å². The highest BCUT2D eigenvalue weighted by molar-refractivity contribution is 8.00. The van der Waals surface area contributed by atoms with Crippen molar-refractivity contribution in [3.63, 3.8) is 0 Å². The first-order chi connectivity index (χ1) is 11.0. The third-order valence-corrected chi connectivity index (χ3v) is 3.93. The number of rotatable bonds is 6. The van der Waals surface area contributed by atoms with Gasteiger partial charge in [-0.3, -0.25) is 14.9 Å². The predicted octanol–water partition coefficient (Wildman–Crippen LogP) is 3.49. The highest BCUT2D eigenvalue weighted by Crippen LogP contribution is 2.19. The number of nitro groups is 1. The van der Waals surface area contributed by atoms with E-state index in [1.165, 1.54) is 30.1 Å². The fourth-order valence-corrected chi connectivity index (χ4v) is 2.43. The maximum atomic E-state index is 11.7. The van der Waals surface area contributed by atoms with Crippen LogP contribution in [-0.4, -0.2) is 22.8 Å². The summed E-state index contributed by atoms with van der Waals surface area (Å²) in [5.74, 6) is -0.0693. The molecule has 0 aliphatic rings. The van der Waals surface area contributed by atoms with Gasteiger partial charge in [-0.2, -0.15) is 5.10 Å². The Hall–Kier alpha value is -2.38. The summed E-state index contributed by atoms with van der Waals surface area (Å²) in [6, 6.07) is 13.1. The normalized spacial score (nSPS) is 10.7. The fourth-order valence-electron chi connectivity index (χ4n) is 1.61. The Morgan fingerprint density at radius 2 is 2.04 bits per heavy atom. The number of nitrogens with zero attached hydrogens (tertiary/aromatic N) is 2. The number of hydrazone groups is 1. The Kier molecular flexibility index (Phi) is 6.13. The van der Waals surface area contributed by atoms with Gasteiger partial charge in [-0.25, -0.2) is 5.43 Å². The summed E-state index contributed by atoms with van der Waals surface area (Å²) in [5.41, 5.74) is 2.88. The van der Waals surface area contributed by atoms with Gasteiger partial charge in [0.15, 0.2) is 0 Å². The number of hydrogen-bond acceptors (Lipinski definition) is 5. The number of amides is 1. The molecule has 0 bridgehead atoms. The number of carbonyl (C=O) groups is 1. The first-order valence-corrected chi connectivity index (χ1v) is 7.85. The molecule has 0 fully saturated rings. The Morgan fingerprint density at radius 1 is 1.30 bits per heavy atom. The quantitative estimate of drug-likeness (QED) is 0.374. The maximum Gasteiger partial charge on any atom is 0.270 e. The summed E-state index contributed by atoms with van der Waals surface area (Å²) in [7, 11) is 0. The van der Waals surface area contributed by atoms with Gasteiger partial charge in [-0.05, 0) is 24.3 Å². The zero-order valence-electron chi connectivity index (χ0n) is 11.8. The summed E-state index contributed by atoms with van der Waals surface area (Å²) in [4.78, 5) is 22.8. The Bertz CT molecular complexity index is 735. The van der Waals surface area contributed by atoms with Crippen molar-refractivity contribution in [3.05, 3.63) is 69.2 Å². The van der Waals surface area contributed by atoms with Crippen molar-refractivity contribution in [2.45, 2.75) is 4.90 Å². The van der Waals surface area contributed by atoms with E-state index in [-0.39, 0.29) is 17.3 Å². The smallest absolute Gasteiger partial charge is 0.270 e. The van der Waals surface area contributed by atoms with Crippen LogP contribution in [0.25, 0.3) is 0 Å². The van der Waals surface area contributed by atoms with E-state index in [1.54, 1.807) is 24.3 Å². The number of nitrogens with one attached hydrogen (secondary N) is 1. The van der Waals surface area contributed by atoms with Crippen molar-refractivity contribution in [1.82, 2.24) is 5.43 Å². The monoisotopic (exact) mass is 349 g/mol. The number of thioether (sulfide) groups is 1. The molecular weight excluding hydrogens is 338 g/mol. The van der Waals surface area contributed by atoms with E-state index in [9.17, 15) is 14.9 Å². The molecular formula is C15H12ClN3O3S. The molecule has 8 heteroatoms. The summed E-state index contributed by atoms with van der Waals surface area (Å²) in [5, 5.41) is 15.1. The van der Waals surface area contributed by atoms with E-state index in [0.29, 0.717) is 10.6 Å². The van der Waals surface area contributed by atoms with E-state index >= 15 is 0 Å². The summed E-state index contributed by atoms with van der Waals surface area (Å²) in [6.45, 7) is 0. The topological polar surface area (TPSA) is 84.6 Å². The lowest BCUT2D eigenvalue weighted by molar-refractivity contribution is -0.384. The van der Waals surface area contributed by atoms with Gasteiger partial charge < -0.3 is 0 Å². The summed E-state index contributed by atoms with van der Waals surface area (Å²) >= 11 is 7.14. The standard InChI is InChI=1S/C15H12ClN3O3S/c16-12-4-6-14(7-5-12)23-10-15(20)18-17-9-11-2-1-3-13(8-11)19(21)22/h1-9H,10H2,(H,18,20). The van der Waals surface area contributed by atoms with Crippen LogP contribution in [0.3, 0.4) is 0 Å². The molecule has 2 aromatic carbocycles. The van der Waals surface area contributed by atoms with Crippen LogP contribution in [-0.2, 0) is 4.79 Å². The lowest BCUT2D eigenvalue weighted by Gasteiger charge is -2.01. The SMILES string of the molecule is O=C(CSc1ccc(Cl)cc1)NN=Cc1cccc([N+](=O)[O-])c1. The van der Waals surface area contributed by atoms with Crippen molar-refractivity contribution in [1.29, 1.82) is 0 Å². The van der Waals surface area contributed by atoms with Crippen LogP contribution in [0.1, 0.15) is 5.56 Å². The molecule has 0 aliphatic carbocycles. The lowest BCUT2D eigenvalue weighted by Crippen LogP contribution is -2.19. The van der Waals surface area contributed by atoms with Gasteiger partial charge in [0, 0.05) is 27.6 Å². The van der Waals surface area contributed by atoms with E-state index in [0.717, 1.165) is 4.90 Å². The highest BCUT2D eigenvalue weighted by Gasteiger charge is 2.04. The van der Waals surface area contributed by atoms with Gasteiger partial charge >= 0.3 is 0 Å². The van der Waals surface area contributed by atoms with Crippen molar-refractivity contribution in [2.24, 2.45) is 5.10 Å².